The van der Waals surface area contributed by atoms with Crippen LogP contribution < -0.4 is 4.74 Å². The minimum absolute atomic E-state index is 0.0366. The monoisotopic (exact) mass is 356 g/mol. The molecule has 1 aliphatic rings. The number of carbonyl (C=O) groups excluding carboxylic acids is 1. The maximum absolute atomic E-state index is 12.6. The van der Waals surface area contributed by atoms with Gasteiger partial charge in [-0.25, -0.2) is 0 Å². The summed E-state index contributed by atoms with van der Waals surface area (Å²) in [5.41, 5.74) is 1.67. The molecule has 0 amide bonds. The zero-order valence-electron chi connectivity index (χ0n) is 14.5. The zero-order valence-corrected chi connectivity index (χ0v) is 14.5. The molecule has 2 aromatic rings. The molecule has 6 heteroatoms. The summed E-state index contributed by atoms with van der Waals surface area (Å²) >= 11 is 0. The van der Waals surface area contributed by atoms with Gasteiger partial charge in [0, 0.05) is 23.3 Å². The van der Waals surface area contributed by atoms with Crippen LogP contribution in [0.4, 0.5) is 0 Å². The number of phenolic OH excluding ortho intramolecular Hbond substituents is 4. The fourth-order valence-corrected chi connectivity index (χ4v) is 2.99. The van der Waals surface area contributed by atoms with E-state index in [-0.39, 0.29) is 52.1 Å². The lowest BCUT2D eigenvalue weighted by Crippen LogP contribution is -2.21. The Balaban J connectivity index is 2.01. The molecule has 0 spiro atoms. The summed E-state index contributed by atoms with van der Waals surface area (Å²) in [5, 5.41) is 40.1. The fraction of sp³-hybridized carbons (Fsp3) is 0.250. The second kappa shape index (κ2) is 6.63. The van der Waals surface area contributed by atoms with Gasteiger partial charge >= 0.3 is 0 Å². The van der Waals surface area contributed by atoms with Crippen molar-refractivity contribution in [3.8, 4) is 28.7 Å². The number of aromatic hydroxyl groups is 4. The molecule has 2 aromatic carbocycles. The highest BCUT2D eigenvalue weighted by molar-refractivity contribution is 6.03. The Bertz CT molecular complexity index is 909. The van der Waals surface area contributed by atoms with Crippen molar-refractivity contribution in [1.29, 1.82) is 0 Å². The van der Waals surface area contributed by atoms with Crippen molar-refractivity contribution >= 4 is 5.78 Å². The summed E-state index contributed by atoms with van der Waals surface area (Å²) in [5.74, 6) is -1.03. The summed E-state index contributed by atoms with van der Waals surface area (Å²) < 4.78 is 5.75. The molecule has 26 heavy (non-hydrogen) atoms. The number of rotatable bonds is 3. The third-order valence-electron chi connectivity index (χ3n) is 4.34. The summed E-state index contributed by atoms with van der Waals surface area (Å²) in [4.78, 5) is 12.6. The normalized spacial score (nSPS) is 15.9. The van der Waals surface area contributed by atoms with Gasteiger partial charge in [0.15, 0.2) is 5.78 Å². The van der Waals surface area contributed by atoms with E-state index >= 15 is 0 Å². The Kier molecular flexibility index (Phi) is 4.50. The molecule has 0 saturated carbocycles. The molecule has 0 unspecified atom stereocenters. The van der Waals surface area contributed by atoms with Crippen LogP contribution in [0.2, 0.25) is 0 Å². The number of ether oxygens (including phenoxy) is 1. The predicted molar refractivity (Wildman–Crippen MR) is 95.0 cm³/mol. The van der Waals surface area contributed by atoms with Gasteiger partial charge in [-0.2, -0.15) is 0 Å². The Labute approximate surface area is 150 Å². The Morgan fingerprint density at radius 2 is 1.88 bits per heavy atom. The molecular formula is C20H20O6. The third-order valence-corrected chi connectivity index (χ3v) is 4.34. The van der Waals surface area contributed by atoms with Crippen molar-refractivity contribution < 1.29 is 30.0 Å². The van der Waals surface area contributed by atoms with Crippen molar-refractivity contribution in [3.63, 3.8) is 0 Å². The zero-order chi connectivity index (χ0) is 19.0. The highest BCUT2D eigenvalue weighted by Gasteiger charge is 2.33. The van der Waals surface area contributed by atoms with E-state index in [9.17, 15) is 25.2 Å². The van der Waals surface area contributed by atoms with Crippen molar-refractivity contribution in [2.75, 3.05) is 0 Å². The summed E-state index contributed by atoms with van der Waals surface area (Å²) in [6.45, 7) is 3.80. The molecule has 136 valence electrons. The second-order valence-electron chi connectivity index (χ2n) is 6.56. The molecule has 0 saturated heterocycles. The van der Waals surface area contributed by atoms with Crippen LogP contribution in [0, 0.1) is 0 Å². The van der Waals surface area contributed by atoms with Crippen LogP contribution in [-0.2, 0) is 6.42 Å². The van der Waals surface area contributed by atoms with Gasteiger partial charge < -0.3 is 25.2 Å². The first-order chi connectivity index (χ1) is 12.3. The highest BCUT2D eigenvalue weighted by Crippen LogP contribution is 2.46. The largest absolute Gasteiger partial charge is 0.508 e. The maximum atomic E-state index is 12.6. The quantitative estimate of drug-likeness (QED) is 0.624. The van der Waals surface area contributed by atoms with E-state index in [1.165, 1.54) is 18.2 Å². The summed E-state index contributed by atoms with van der Waals surface area (Å²) in [6.07, 6.45) is 1.28. The highest BCUT2D eigenvalue weighted by atomic mass is 16.5. The number of ketones is 1. The van der Waals surface area contributed by atoms with Crippen molar-refractivity contribution in [2.24, 2.45) is 0 Å². The number of Topliss-reactive ketones (excluding diaryl/α,β-unsaturated/α-hetero) is 1. The van der Waals surface area contributed by atoms with E-state index in [4.69, 9.17) is 4.74 Å². The van der Waals surface area contributed by atoms with Gasteiger partial charge in [-0.15, -0.1) is 0 Å². The van der Waals surface area contributed by atoms with Crippen molar-refractivity contribution in [1.82, 2.24) is 0 Å². The topological polar surface area (TPSA) is 107 Å². The number of fused-ring (bicyclic) bond motifs is 1. The summed E-state index contributed by atoms with van der Waals surface area (Å²) in [7, 11) is 0. The molecule has 3 rings (SSSR count). The fourth-order valence-electron chi connectivity index (χ4n) is 2.99. The van der Waals surface area contributed by atoms with Gasteiger partial charge in [-0.05, 0) is 32.4 Å². The average molecular weight is 356 g/mol. The SMILES string of the molecule is CC(C)=CCc1c(O)cc2c(c1O)C(=O)C[C@@H](c1ccc(O)cc1O)O2. The first-order valence-electron chi connectivity index (χ1n) is 8.20. The minimum Gasteiger partial charge on any atom is -0.508 e. The molecule has 0 fully saturated rings. The predicted octanol–water partition coefficient (Wildman–Crippen LogP) is 3.72. The van der Waals surface area contributed by atoms with Crippen LogP contribution >= 0.6 is 0 Å². The van der Waals surface area contributed by atoms with Gasteiger partial charge in [0.1, 0.15) is 40.4 Å². The smallest absolute Gasteiger partial charge is 0.174 e. The molecule has 6 nitrogen and oxygen atoms in total. The molecule has 0 aliphatic carbocycles. The Morgan fingerprint density at radius 3 is 2.54 bits per heavy atom. The lowest BCUT2D eigenvalue weighted by atomic mass is 9.92. The number of benzene rings is 2. The van der Waals surface area contributed by atoms with E-state index in [1.54, 1.807) is 0 Å². The van der Waals surface area contributed by atoms with E-state index < -0.39 is 6.10 Å². The first-order valence-corrected chi connectivity index (χ1v) is 8.20. The van der Waals surface area contributed by atoms with Gasteiger partial charge in [0.25, 0.3) is 0 Å². The van der Waals surface area contributed by atoms with Crippen LogP contribution in [-0.4, -0.2) is 26.2 Å². The molecule has 1 heterocycles. The molecule has 0 aromatic heterocycles. The van der Waals surface area contributed by atoms with Crippen LogP contribution in [0.1, 0.15) is 47.9 Å². The van der Waals surface area contributed by atoms with Crippen LogP contribution in [0.3, 0.4) is 0 Å². The van der Waals surface area contributed by atoms with Crippen LogP contribution in [0.15, 0.2) is 35.9 Å². The maximum Gasteiger partial charge on any atom is 0.174 e. The van der Waals surface area contributed by atoms with E-state index in [1.807, 2.05) is 19.9 Å². The van der Waals surface area contributed by atoms with Crippen molar-refractivity contribution in [2.45, 2.75) is 32.8 Å². The number of hydrogen-bond donors (Lipinski definition) is 4. The molecule has 0 bridgehead atoms. The Morgan fingerprint density at radius 1 is 1.15 bits per heavy atom. The van der Waals surface area contributed by atoms with E-state index in [0.717, 1.165) is 11.6 Å². The third kappa shape index (κ3) is 3.18. The number of phenols is 4. The van der Waals surface area contributed by atoms with Crippen molar-refractivity contribution in [3.05, 3.63) is 52.6 Å². The standard InChI is InChI=1S/C20H20O6/c1-10(2)3-5-13-15(23)8-18-19(20(13)25)16(24)9-17(26-18)12-6-4-11(21)7-14(12)22/h3-4,6-8,17,21-23,25H,5,9H2,1-2H3/t17-/m0/s1. The average Bonchev–Trinajstić information content (AvgIpc) is 2.53. The van der Waals surface area contributed by atoms with E-state index in [2.05, 4.69) is 0 Å². The lowest BCUT2D eigenvalue weighted by molar-refractivity contribution is 0.0841. The molecule has 1 aliphatic heterocycles. The summed E-state index contributed by atoms with van der Waals surface area (Å²) in [6, 6.07) is 5.33. The van der Waals surface area contributed by atoms with Crippen LogP contribution in [0.25, 0.3) is 0 Å². The molecule has 4 N–H and O–H groups in total. The van der Waals surface area contributed by atoms with E-state index in [0.29, 0.717) is 12.0 Å². The lowest BCUT2D eigenvalue weighted by Gasteiger charge is -2.27. The number of allylic oxidation sites excluding steroid dienone is 2. The molecular weight excluding hydrogens is 336 g/mol. The van der Waals surface area contributed by atoms with Crippen LogP contribution in [0.5, 0.6) is 28.7 Å². The first kappa shape index (κ1) is 17.7. The Hall–Kier alpha value is -3.15. The minimum atomic E-state index is -0.780. The number of hydrogen-bond acceptors (Lipinski definition) is 6. The van der Waals surface area contributed by atoms with Gasteiger partial charge in [0.05, 0.1) is 6.42 Å². The second-order valence-corrected chi connectivity index (χ2v) is 6.56. The number of carbonyl (C=O) groups is 1. The molecule has 1 atom stereocenters. The van der Waals surface area contributed by atoms with Gasteiger partial charge in [0.2, 0.25) is 0 Å². The van der Waals surface area contributed by atoms with Gasteiger partial charge in [-0.3, -0.25) is 4.79 Å². The molecule has 0 radical (unpaired) electrons. The van der Waals surface area contributed by atoms with Gasteiger partial charge in [-0.1, -0.05) is 11.6 Å².